The molecule has 0 saturated heterocycles. The number of hydrogen-bond acceptors (Lipinski definition) is 5. The first kappa shape index (κ1) is 19.9. The van der Waals surface area contributed by atoms with Gasteiger partial charge in [0.15, 0.2) is 5.69 Å². The number of carboxylic acids is 1. The molecule has 2 aromatic heterocycles. The molecular weight excluding hydrogens is 404 g/mol. The van der Waals surface area contributed by atoms with Gasteiger partial charge in [-0.05, 0) is 54.8 Å². The van der Waals surface area contributed by atoms with Gasteiger partial charge in [0, 0.05) is 30.2 Å². The molecule has 0 spiro atoms. The Kier molecular flexibility index (Phi) is 4.74. The van der Waals surface area contributed by atoms with Crippen LogP contribution < -0.4 is 4.74 Å². The molecule has 0 radical (unpaired) electrons. The zero-order valence-electron chi connectivity index (χ0n) is 18.1. The Morgan fingerprint density at radius 3 is 2.59 bits per heavy atom. The molecule has 0 atom stereocenters. The molecule has 1 N–H and O–H groups in total. The summed E-state index contributed by atoms with van der Waals surface area (Å²) in [5, 5.41) is 9.65. The number of fused-ring (bicyclic) bond motifs is 5. The number of aromatic nitrogens is 4. The Morgan fingerprint density at radius 2 is 1.88 bits per heavy atom. The van der Waals surface area contributed by atoms with Crippen LogP contribution in [0.4, 0.5) is 0 Å². The highest BCUT2D eigenvalue weighted by atomic mass is 16.5. The fraction of sp³-hybridized carbons (Fsp3) is 0.200. The van der Waals surface area contributed by atoms with Crippen molar-refractivity contribution in [1.82, 2.24) is 19.5 Å². The van der Waals surface area contributed by atoms with Crippen LogP contribution in [0.1, 0.15) is 44.3 Å². The number of ether oxygens (including phenoxy) is 1. The van der Waals surface area contributed by atoms with Crippen LogP contribution in [0.15, 0.2) is 48.9 Å². The summed E-state index contributed by atoms with van der Waals surface area (Å²) in [5.41, 5.74) is 7.60. The SMILES string of the molecule is COc1ccc(Cc2ncc3c(n2)-c2cc(C)c(C)cc2-n2cnc(C(=O)O)c2C3)cc1. The van der Waals surface area contributed by atoms with Gasteiger partial charge in [-0.3, -0.25) is 0 Å². The van der Waals surface area contributed by atoms with Gasteiger partial charge < -0.3 is 14.4 Å². The summed E-state index contributed by atoms with van der Waals surface area (Å²) >= 11 is 0. The maximum Gasteiger partial charge on any atom is 0.356 e. The number of nitrogens with zero attached hydrogens (tertiary/aromatic N) is 4. The maximum absolute atomic E-state index is 11.8. The molecule has 4 aromatic rings. The average Bonchev–Trinajstić information content (AvgIpc) is 3.15. The van der Waals surface area contributed by atoms with Crippen molar-refractivity contribution in [2.24, 2.45) is 0 Å². The molecule has 2 aromatic carbocycles. The zero-order chi connectivity index (χ0) is 22.4. The summed E-state index contributed by atoms with van der Waals surface area (Å²) in [6.07, 6.45) is 4.39. The zero-order valence-corrected chi connectivity index (χ0v) is 18.1. The molecule has 0 saturated carbocycles. The van der Waals surface area contributed by atoms with Crippen molar-refractivity contribution < 1.29 is 14.6 Å². The number of benzene rings is 2. The molecular formula is C25H22N4O3. The fourth-order valence-corrected chi connectivity index (χ4v) is 4.12. The van der Waals surface area contributed by atoms with Gasteiger partial charge in [0.2, 0.25) is 0 Å². The van der Waals surface area contributed by atoms with Gasteiger partial charge in [0.25, 0.3) is 0 Å². The van der Waals surface area contributed by atoms with Crippen molar-refractivity contribution in [2.45, 2.75) is 26.7 Å². The monoisotopic (exact) mass is 426 g/mol. The van der Waals surface area contributed by atoms with E-state index in [4.69, 9.17) is 9.72 Å². The lowest BCUT2D eigenvalue weighted by Gasteiger charge is -2.14. The highest BCUT2D eigenvalue weighted by molar-refractivity contribution is 5.88. The van der Waals surface area contributed by atoms with Gasteiger partial charge in [-0.2, -0.15) is 0 Å². The first-order valence-electron chi connectivity index (χ1n) is 10.3. The molecule has 7 nitrogen and oxygen atoms in total. The van der Waals surface area contributed by atoms with E-state index >= 15 is 0 Å². The number of carboxylic acid groups (broad SMARTS) is 1. The van der Waals surface area contributed by atoms with Gasteiger partial charge in [-0.15, -0.1) is 0 Å². The third-order valence-corrected chi connectivity index (χ3v) is 5.99. The second kappa shape index (κ2) is 7.60. The molecule has 1 aliphatic heterocycles. The van der Waals surface area contributed by atoms with Gasteiger partial charge in [-0.25, -0.2) is 19.7 Å². The molecule has 0 fully saturated rings. The Morgan fingerprint density at radius 1 is 1.12 bits per heavy atom. The third-order valence-electron chi connectivity index (χ3n) is 5.99. The van der Waals surface area contributed by atoms with Crippen molar-refractivity contribution in [3.05, 3.63) is 88.4 Å². The van der Waals surface area contributed by atoms with Crippen LogP contribution in [-0.2, 0) is 12.8 Å². The summed E-state index contributed by atoms with van der Waals surface area (Å²) in [5.74, 6) is 0.479. The van der Waals surface area contributed by atoms with Crippen LogP contribution in [0.5, 0.6) is 5.75 Å². The lowest BCUT2D eigenvalue weighted by molar-refractivity contribution is 0.0690. The average molecular weight is 426 g/mol. The highest BCUT2D eigenvalue weighted by Gasteiger charge is 2.26. The first-order valence-corrected chi connectivity index (χ1v) is 10.3. The van der Waals surface area contributed by atoms with Gasteiger partial charge >= 0.3 is 5.97 Å². The summed E-state index contributed by atoms with van der Waals surface area (Å²) in [4.78, 5) is 25.5. The van der Waals surface area contributed by atoms with Crippen molar-refractivity contribution in [3.63, 3.8) is 0 Å². The van der Waals surface area contributed by atoms with E-state index in [0.717, 1.165) is 44.9 Å². The maximum atomic E-state index is 11.8. The molecule has 32 heavy (non-hydrogen) atoms. The lowest BCUT2D eigenvalue weighted by Crippen LogP contribution is -2.06. The minimum Gasteiger partial charge on any atom is -0.497 e. The predicted molar refractivity (Wildman–Crippen MR) is 120 cm³/mol. The van der Waals surface area contributed by atoms with Crippen LogP contribution in [0.3, 0.4) is 0 Å². The molecule has 0 bridgehead atoms. The number of aryl methyl sites for hydroxylation is 2. The number of methoxy groups -OCH3 is 1. The number of rotatable bonds is 4. The minimum atomic E-state index is -1.04. The van der Waals surface area contributed by atoms with Crippen LogP contribution in [0.2, 0.25) is 0 Å². The van der Waals surface area contributed by atoms with Gasteiger partial charge in [0.1, 0.15) is 17.9 Å². The smallest absolute Gasteiger partial charge is 0.356 e. The molecule has 3 heterocycles. The summed E-state index contributed by atoms with van der Waals surface area (Å²) in [6.45, 7) is 4.11. The Hall–Kier alpha value is -4.00. The van der Waals surface area contributed by atoms with E-state index in [2.05, 4.69) is 29.0 Å². The molecule has 0 aliphatic carbocycles. The number of imidazole rings is 1. The molecule has 7 heteroatoms. The second-order valence-electron chi connectivity index (χ2n) is 8.03. The van der Waals surface area contributed by atoms with E-state index in [1.54, 1.807) is 13.4 Å². The fourth-order valence-electron chi connectivity index (χ4n) is 4.12. The molecule has 160 valence electrons. The third kappa shape index (κ3) is 3.32. The summed E-state index contributed by atoms with van der Waals surface area (Å²) < 4.78 is 7.11. The molecule has 1 aliphatic rings. The topological polar surface area (TPSA) is 90.1 Å². The van der Waals surface area contributed by atoms with E-state index in [-0.39, 0.29) is 5.69 Å². The Labute approximate surface area is 185 Å². The van der Waals surface area contributed by atoms with Crippen molar-refractivity contribution >= 4 is 5.97 Å². The summed E-state index contributed by atoms with van der Waals surface area (Å²) in [7, 11) is 1.65. The minimum absolute atomic E-state index is 0.0596. The first-order chi connectivity index (χ1) is 15.4. The standard InChI is InChI=1S/C25H22N4O3/c1-14-8-19-20(9-15(14)2)29-13-27-24(25(30)31)21(29)11-17-12-26-22(28-23(17)19)10-16-4-6-18(32-3)7-5-16/h4-9,12-13H,10-11H2,1-3H3,(H,30,31). The second-order valence-corrected chi connectivity index (χ2v) is 8.03. The van der Waals surface area contributed by atoms with Crippen LogP contribution in [0, 0.1) is 13.8 Å². The number of hydrogen-bond donors (Lipinski definition) is 1. The predicted octanol–water partition coefficient (Wildman–Crippen LogP) is 4.15. The number of carbonyl (C=O) groups is 1. The van der Waals surface area contributed by atoms with E-state index in [9.17, 15) is 9.90 Å². The Balaban J connectivity index is 1.65. The van der Waals surface area contributed by atoms with E-state index in [1.807, 2.05) is 42.0 Å². The van der Waals surface area contributed by atoms with Crippen molar-refractivity contribution in [3.8, 4) is 22.7 Å². The van der Waals surface area contributed by atoms with Crippen molar-refractivity contribution in [1.29, 1.82) is 0 Å². The van der Waals surface area contributed by atoms with Gasteiger partial charge in [-0.1, -0.05) is 12.1 Å². The van der Waals surface area contributed by atoms with Crippen LogP contribution >= 0.6 is 0 Å². The normalized spacial score (nSPS) is 11.8. The highest BCUT2D eigenvalue weighted by Crippen LogP contribution is 2.36. The Bertz CT molecular complexity index is 1360. The molecule has 0 unspecified atom stereocenters. The molecule has 0 amide bonds. The summed E-state index contributed by atoms with van der Waals surface area (Å²) in [6, 6.07) is 12.0. The quantitative estimate of drug-likeness (QED) is 0.464. The number of aromatic carboxylic acids is 1. The van der Waals surface area contributed by atoms with E-state index in [0.29, 0.717) is 24.4 Å². The lowest BCUT2D eigenvalue weighted by atomic mass is 9.99. The van der Waals surface area contributed by atoms with Gasteiger partial charge in [0.05, 0.1) is 24.2 Å². The van der Waals surface area contributed by atoms with E-state index in [1.165, 1.54) is 0 Å². The van der Waals surface area contributed by atoms with E-state index < -0.39 is 5.97 Å². The van der Waals surface area contributed by atoms with Crippen LogP contribution in [-0.4, -0.2) is 37.7 Å². The largest absolute Gasteiger partial charge is 0.497 e. The van der Waals surface area contributed by atoms with Crippen LogP contribution in [0.25, 0.3) is 16.9 Å². The molecule has 5 rings (SSSR count). The van der Waals surface area contributed by atoms with Crippen molar-refractivity contribution in [2.75, 3.05) is 7.11 Å².